The van der Waals surface area contributed by atoms with Crippen molar-refractivity contribution in [1.29, 1.82) is 0 Å². The molecule has 1 aromatic carbocycles. The van der Waals surface area contributed by atoms with Crippen LogP contribution in [0.3, 0.4) is 0 Å². The Labute approximate surface area is 103 Å². The van der Waals surface area contributed by atoms with E-state index >= 15 is 0 Å². The molecule has 18 heavy (non-hydrogen) atoms. The molecule has 1 heterocycles. The molecule has 6 heteroatoms. The molecule has 0 atom stereocenters. The SMILES string of the molecule is COC(=O)CCCn1c(=O)oc2ccc(N)cc21. The van der Waals surface area contributed by atoms with Crippen molar-refractivity contribution >= 4 is 22.8 Å². The molecule has 0 radical (unpaired) electrons. The van der Waals surface area contributed by atoms with Gasteiger partial charge in [0.15, 0.2) is 5.58 Å². The summed E-state index contributed by atoms with van der Waals surface area (Å²) in [6.07, 6.45) is 0.772. The van der Waals surface area contributed by atoms with Gasteiger partial charge in [0.05, 0.1) is 12.6 Å². The second-order valence-electron chi connectivity index (χ2n) is 3.93. The minimum atomic E-state index is -0.444. The zero-order valence-electron chi connectivity index (χ0n) is 10.0. The number of esters is 1. The van der Waals surface area contributed by atoms with Crippen molar-refractivity contribution in [2.75, 3.05) is 12.8 Å². The largest absolute Gasteiger partial charge is 0.469 e. The highest BCUT2D eigenvalue weighted by Crippen LogP contribution is 2.16. The van der Waals surface area contributed by atoms with Gasteiger partial charge in [0.1, 0.15) is 0 Å². The first-order chi connectivity index (χ1) is 8.61. The lowest BCUT2D eigenvalue weighted by molar-refractivity contribution is -0.140. The predicted octanol–water partition coefficient (Wildman–Crippen LogP) is 1.13. The number of nitrogens with two attached hydrogens (primary N) is 1. The number of hydrogen-bond donors (Lipinski definition) is 1. The van der Waals surface area contributed by atoms with Crippen LogP contribution in [0.15, 0.2) is 27.4 Å². The van der Waals surface area contributed by atoms with Crippen LogP contribution < -0.4 is 11.5 Å². The Bertz CT molecular complexity index is 627. The molecule has 0 unspecified atom stereocenters. The molecule has 0 spiro atoms. The summed E-state index contributed by atoms with van der Waals surface area (Å²) in [6, 6.07) is 5.01. The van der Waals surface area contributed by atoms with E-state index in [0.717, 1.165) is 0 Å². The Kier molecular flexibility index (Phi) is 3.36. The van der Waals surface area contributed by atoms with Crippen LogP contribution in [0.2, 0.25) is 0 Å². The molecule has 0 saturated carbocycles. The molecule has 6 nitrogen and oxygen atoms in total. The fourth-order valence-corrected chi connectivity index (χ4v) is 1.77. The van der Waals surface area contributed by atoms with E-state index in [-0.39, 0.29) is 12.4 Å². The number of anilines is 1. The zero-order chi connectivity index (χ0) is 13.1. The molecule has 0 aliphatic carbocycles. The van der Waals surface area contributed by atoms with Crippen LogP contribution in [0.4, 0.5) is 5.69 Å². The van der Waals surface area contributed by atoms with Crippen LogP contribution in [0, 0.1) is 0 Å². The van der Waals surface area contributed by atoms with Gasteiger partial charge in [0.25, 0.3) is 0 Å². The summed E-state index contributed by atoms with van der Waals surface area (Å²) < 4.78 is 11.1. The van der Waals surface area contributed by atoms with E-state index in [0.29, 0.717) is 29.8 Å². The summed E-state index contributed by atoms with van der Waals surface area (Å²) in [7, 11) is 1.34. The Hall–Kier alpha value is -2.24. The Morgan fingerprint density at radius 2 is 2.28 bits per heavy atom. The third-order valence-corrected chi connectivity index (χ3v) is 2.68. The molecule has 0 aliphatic rings. The number of ether oxygens (including phenoxy) is 1. The number of rotatable bonds is 4. The second-order valence-corrected chi connectivity index (χ2v) is 3.93. The molecule has 0 fully saturated rings. The van der Waals surface area contributed by atoms with Crippen LogP contribution in [0.1, 0.15) is 12.8 Å². The molecule has 0 bridgehead atoms. The van der Waals surface area contributed by atoms with E-state index in [1.54, 1.807) is 18.2 Å². The monoisotopic (exact) mass is 250 g/mol. The van der Waals surface area contributed by atoms with Crippen LogP contribution in [0.5, 0.6) is 0 Å². The molecule has 2 aromatic rings. The number of nitrogen functional groups attached to an aromatic ring is 1. The van der Waals surface area contributed by atoms with Crippen molar-refractivity contribution in [3.05, 3.63) is 28.7 Å². The lowest BCUT2D eigenvalue weighted by Crippen LogP contribution is -2.15. The zero-order valence-corrected chi connectivity index (χ0v) is 10.0. The highest BCUT2D eigenvalue weighted by molar-refractivity contribution is 5.77. The van der Waals surface area contributed by atoms with Gasteiger partial charge < -0.3 is 14.9 Å². The Morgan fingerprint density at radius 3 is 3.00 bits per heavy atom. The van der Waals surface area contributed by atoms with E-state index in [2.05, 4.69) is 4.74 Å². The highest BCUT2D eigenvalue weighted by Gasteiger charge is 2.10. The van der Waals surface area contributed by atoms with Gasteiger partial charge in [-0.25, -0.2) is 4.79 Å². The topological polar surface area (TPSA) is 87.5 Å². The van der Waals surface area contributed by atoms with Crippen molar-refractivity contribution in [2.24, 2.45) is 0 Å². The first-order valence-corrected chi connectivity index (χ1v) is 5.57. The Morgan fingerprint density at radius 1 is 1.50 bits per heavy atom. The normalized spacial score (nSPS) is 10.7. The van der Waals surface area contributed by atoms with Crippen molar-refractivity contribution < 1.29 is 13.9 Å². The van der Waals surface area contributed by atoms with Gasteiger partial charge in [-0.3, -0.25) is 9.36 Å². The number of fused-ring (bicyclic) bond motifs is 1. The van der Waals surface area contributed by atoms with Crippen molar-refractivity contribution in [1.82, 2.24) is 4.57 Å². The second kappa shape index (κ2) is 4.95. The number of carbonyl (C=O) groups is 1. The first kappa shape index (κ1) is 12.2. The van der Waals surface area contributed by atoms with Crippen LogP contribution in [-0.4, -0.2) is 17.6 Å². The van der Waals surface area contributed by atoms with Crippen molar-refractivity contribution in [2.45, 2.75) is 19.4 Å². The number of benzene rings is 1. The summed E-state index contributed by atoms with van der Waals surface area (Å²) in [6.45, 7) is 0.393. The van der Waals surface area contributed by atoms with E-state index in [4.69, 9.17) is 10.2 Å². The smallest absolute Gasteiger partial charge is 0.419 e. The third-order valence-electron chi connectivity index (χ3n) is 2.68. The minimum absolute atomic E-state index is 0.262. The number of hydrogen-bond acceptors (Lipinski definition) is 5. The van der Waals surface area contributed by atoms with Gasteiger partial charge in [0.2, 0.25) is 0 Å². The van der Waals surface area contributed by atoms with Gasteiger partial charge in [-0.15, -0.1) is 0 Å². The minimum Gasteiger partial charge on any atom is -0.469 e. The number of methoxy groups -OCH3 is 1. The molecular weight excluding hydrogens is 236 g/mol. The van der Waals surface area contributed by atoms with Gasteiger partial charge in [-0.2, -0.15) is 0 Å². The lowest BCUT2D eigenvalue weighted by atomic mass is 10.2. The average Bonchev–Trinajstić information content (AvgIpc) is 2.65. The maximum atomic E-state index is 11.6. The van der Waals surface area contributed by atoms with E-state index < -0.39 is 5.76 Å². The fourth-order valence-electron chi connectivity index (χ4n) is 1.77. The average molecular weight is 250 g/mol. The molecule has 0 amide bonds. The first-order valence-electron chi connectivity index (χ1n) is 5.57. The molecule has 2 N–H and O–H groups in total. The quantitative estimate of drug-likeness (QED) is 0.649. The van der Waals surface area contributed by atoms with Crippen LogP contribution >= 0.6 is 0 Å². The lowest BCUT2D eigenvalue weighted by Gasteiger charge is -2.02. The van der Waals surface area contributed by atoms with Gasteiger partial charge in [-0.1, -0.05) is 0 Å². The molecule has 0 aliphatic heterocycles. The third kappa shape index (κ3) is 2.37. The number of aryl methyl sites for hydroxylation is 1. The van der Waals surface area contributed by atoms with Crippen molar-refractivity contribution in [3.8, 4) is 0 Å². The molecule has 0 saturated heterocycles. The van der Waals surface area contributed by atoms with Crippen molar-refractivity contribution in [3.63, 3.8) is 0 Å². The number of carbonyl (C=O) groups excluding carboxylic acids is 1. The Balaban J connectivity index is 2.22. The maximum absolute atomic E-state index is 11.6. The maximum Gasteiger partial charge on any atom is 0.419 e. The van der Waals surface area contributed by atoms with E-state index in [1.807, 2.05) is 0 Å². The fraction of sp³-hybridized carbons (Fsp3) is 0.333. The molecule has 2 rings (SSSR count). The summed E-state index contributed by atoms with van der Waals surface area (Å²) in [5, 5.41) is 0. The van der Waals surface area contributed by atoms with E-state index in [9.17, 15) is 9.59 Å². The standard InChI is InChI=1S/C12H14N2O4/c1-17-11(15)3-2-6-14-9-7-8(13)4-5-10(9)18-12(14)16/h4-5,7H,2-3,6,13H2,1H3. The molecule has 1 aromatic heterocycles. The molecule has 96 valence electrons. The summed E-state index contributed by atoms with van der Waals surface area (Å²) in [5.74, 6) is -0.740. The summed E-state index contributed by atoms with van der Waals surface area (Å²) >= 11 is 0. The summed E-state index contributed by atoms with van der Waals surface area (Å²) in [4.78, 5) is 22.6. The molecular formula is C12H14N2O4. The number of nitrogens with zero attached hydrogens (tertiary/aromatic N) is 1. The number of aromatic nitrogens is 1. The van der Waals surface area contributed by atoms with Gasteiger partial charge in [0, 0.05) is 18.7 Å². The van der Waals surface area contributed by atoms with Crippen LogP contribution in [0.25, 0.3) is 11.1 Å². The number of oxazole rings is 1. The van der Waals surface area contributed by atoms with Gasteiger partial charge in [-0.05, 0) is 24.6 Å². The predicted molar refractivity (Wildman–Crippen MR) is 66.1 cm³/mol. The summed E-state index contributed by atoms with van der Waals surface area (Å²) in [5.41, 5.74) is 7.37. The van der Waals surface area contributed by atoms with Crippen LogP contribution in [-0.2, 0) is 16.1 Å². The van der Waals surface area contributed by atoms with E-state index in [1.165, 1.54) is 11.7 Å². The highest BCUT2D eigenvalue weighted by atomic mass is 16.5. The van der Waals surface area contributed by atoms with Gasteiger partial charge >= 0.3 is 11.7 Å².